The highest BCUT2D eigenvalue weighted by Crippen LogP contribution is 2.75. The Morgan fingerprint density at radius 3 is 2.20 bits per heavy atom. The summed E-state index contributed by atoms with van der Waals surface area (Å²) in [5, 5.41) is 10.5. The van der Waals surface area contributed by atoms with Crippen LogP contribution in [0.2, 0.25) is 0 Å². The average Bonchev–Trinajstić information content (AvgIpc) is 3.09. The minimum absolute atomic E-state index is 0.00135. The van der Waals surface area contributed by atoms with Crippen LogP contribution in [-0.4, -0.2) is 58.7 Å². The quantitative estimate of drug-likeness (QED) is 0.330. The lowest BCUT2D eigenvalue weighted by Crippen LogP contribution is -2.63. The van der Waals surface area contributed by atoms with Crippen LogP contribution in [0.4, 0.5) is 0 Å². The molecule has 7 rings (SSSR count). The van der Waals surface area contributed by atoms with E-state index in [1.807, 2.05) is 60.1 Å². The fraction of sp³-hybridized carbons (Fsp3) is 0.558. The van der Waals surface area contributed by atoms with E-state index >= 15 is 0 Å². The molecular formula is C43H54N2O4. The molecule has 6 atom stereocenters. The number of aliphatic hydroxyl groups is 1. The Morgan fingerprint density at radius 1 is 0.857 bits per heavy atom. The predicted octanol–water partition coefficient (Wildman–Crippen LogP) is 8.39. The average molecular weight is 663 g/mol. The van der Waals surface area contributed by atoms with Crippen molar-refractivity contribution in [1.29, 1.82) is 0 Å². The maximum absolute atomic E-state index is 14.5. The first-order valence-corrected chi connectivity index (χ1v) is 18.5. The van der Waals surface area contributed by atoms with Gasteiger partial charge in [0.25, 0.3) is 0 Å². The molecule has 2 amide bonds. The topological polar surface area (TPSA) is 77.9 Å². The summed E-state index contributed by atoms with van der Waals surface area (Å²) in [6, 6.07) is 9.94. The second-order valence-corrected chi connectivity index (χ2v) is 17.4. The second kappa shape index (κ2) is 11.4. The highest BCUT2D eigenvalue weighted by Gasteiger charge is 2.67. The molecule has 0 unspecified atom stereocenters. The summed E-state index contributed by atoms with van der Waals surface area (Å²) in [6.07, 6.45) is 15.2. The van der Waals surface area contributed by atoms with Crippen molar-refractivity contribution in [3.8, 4) is 0 Å². The van der Waals surface area contributed by atoms with Crippen molar-refractivity contribution in [3.63, 3.8) is 0 Å². The molecule has 1 aromatic rings. The summed E-state index contributed by atoms with van der Waals surface area (Å²) >= 11 is 0. The molecule has 0 aromatic heterocycles. The largest absolute Gasteiger partial charge is 0.504 e. The van der Waals surface area contributed by atoms with Gasteiger partial charge in [-0.05, 0) is 110 Å². The van der Waals surface area contributed by atoms with E-state index in [2.05, 4.69) is 46.8 Å². The molecule has 1 saturated heterocycles. The zero-order chi connectivity index (χ0) is 35.1. The van der Waals surface area contributed by atoms with E-state index in [9.17, 15) is 19.5 Å². The monoisotopic (exact) mass is 662 g/mol. The molecule has 6 nitrogen and oxygen atoms in total. The summed E-state index contributed by atoms with van der Waals surface area (Å²) in [5.74, 6) is 0.271. The van der Waals surface area contributed by atoms with Gasteiger partial charge in [0.2, 0.25) is 17.6 Å². The summed E-state index contributed by atoms with van der Waals surface area (Å²) in [7, 11) is 0. The first-order valence-electron chi connectivity index (χ1n) is 18.5. The third-order valence-corrected chi connectivity index (χ3v) is 14.8. The van der Waals surface area contributed by atoms with Crippen molar-refractivity contribution in [1.82, 2.24) is 9.80 Å². The molecular weight excluding hydrogens is 608 g/mol. The van der Waals surface area contributed by atoms with Gasteiger partial charge in [-0.3, -0.25) is 14.4 Å². The number of rotatable bonds is 3. The minimum atomic E-state index is -0.437. The smallest absolute Gasteiger partial charge is 0.249 e. The first-order chi connectivity index (χ1) is 23.1. The molecule has 3 saturated carbocycles. The predicted molar refractivity (Wildman–Crippen MR) is 194 cm³/mol. The number of amides is 2. The second-order valence-electron chi connectivity index (χ2n) is 17.4. The van der Waals surface area contributed by atoms with Gasteiger partial charge in [-0.2, -0.15) is 0 Å². The molecule has 1 aliphatic heterocycles. The van der Waals surface area contributed by atoms with Crippen LogP contribution in [0.15, 0.2) is 82.2 Å². The van der Waals surface area contributed by atoms with Crippen LogP contribution in [0.25, 0.3) is 6.08 Å². The highest BCUT2D eigenvalue weighted by atomic mass is 16.3. The van der Waals surface area contributed by atoms with E-state index in [0.29, 0.717) is 37.7 Å². The molecule has 0 spiro atoms. The molecule has 0 bridgehead atoms. The number of hydrogen-bond donors (Lipinski definition) is 1. The molecule has 6 heteroatoms. The van der Waals surface area contributed by atoms with Gasteiger partial charge in [0, 0.05) is 48.2 Å². The van der Waals surface area contributed by atoms with E-state index < -0.39 is 5.41 Å². The number of nitrogens with zero attached hydrogens (tertiary/aromatic N) is 2. The van der Waals surface area contributed by atoms with E-state index in [1.54, 1.807) is 6.08 Å². The van der Waals surface area contributed by atoms with Gasteiger partial charge in [-0.25, -0.2) is 0 Å². The standard InChI is InChI=1S/C43H54N2O4/c1-28(25-30-11-9-8-10-12-30)37(48)44-21-23-45(24-22-44)38(49)40(4)16-15-39(3)17-19-42(6)34-14-13-31-29(2)36(47)33(46)26-32(31)41(34,5)18-20-43(42,7)35(39)27-40/h8-14,25-26,35,47H,15-24,27H2,1-7H3/b28-25+/t35-,39-,40-,41+,42-,43+/m1/s1. The summed E-state index contributed by atoms with van der Waals surface area (Å²) in [6.45, 7) is 18.0. The number of ketones is 1. The SMILES string of the molecule is CC1=C(O)C(=O)C=C2C1=CC=C1[C@@]2(C)CC[C@@]2(C)[C@@H]3C[C@](C)(C(=O)N4CCN(C(=O)/C(C)=C/c5ccccc5)CC4)CC[C@]3(C)CC[C@]12C. The summed E-state index contributed by atoms with van der Waals surface area (Å²) in [4.78, 5) is 44.6. The molecule has 5 aliphatic carbocycles. The fourth-order valence-electron chi connectivity index (χ4n) is 11.3. The van der Waals surface area contributed by atoms with E-state index in [1.165, 1.54) is 5.57 Å². The molecule has 6 aliphatic rings. The number of piperazine rings is 1. The van der Waals surface area contributed by atoms with Crippen LogP contribution >= 0.6 is 0 Å². The van der Waals surface area contributed by atoms with Crippen LogP contribution in [0.1, 0.15) is 99.0 Å². The Kier molecular flexibility index (Phi) is 7.89. The lowest BCUT2D eigenvalue weighted by atomic mass is 9.34. The van der Waals surface area contributed by atoms with E-state index in [0.717, 1.165) is 67.2 Å². The molecule has 1 aromatic carbocycles. The van der Waals surface area contributed by atoms with Crippen molar-refractivity contribution in [2.45, 2.75) is 93.4 Å². The van der Waals surface area contributed by atoms with Gasteiger partial charge in [-0.1, -0.05) is 82.7 Å². The normalized spacial score (nSPS) is 37.6. The maximum atomic E-state index is 14.5. The Hall–Kier alpha value is -3.67. The Bertz CT molecular complexity index is 1770. The Balaban J connectivity index is 1.11. The number of hydrogen-bond acceptors (Lipinski definition) is 4. The molecule has 4 fully saturated rings. The number of carbonyl (C=O) groups is 3. The van der Waals surface area contributed by atoms with Gasteiger partial charge >= 0.3 is 0 Å². The van der Waals surface area contributed by atoms with Gasteiger partial charge in [0.15, 0.2) is 5.76 Å². The van der Waals surface area contributed by atoms with Gasteiger partial charge in [-0.15, -0.1) is 0 Å². The third kappa shape index (κ3) is 4.98. The Labute approximate surface area is 292 Å². The Morgan fingerprint density at radius 2 is 1.51 bits per heavy atom. The third-order valence-electron chi connectivity index (χ3n) is 14.8. The number of allylic oxidation sites excluding steroid dienone is 7. The number of aliphatic hydroxyl groups excluding tert-OH is 1. The summed E-state index contributed by atoms with van der Waals surface area (Å²) in [5.41, 5.74) is 5.30. The van der Waals surface area contributed by atoms with Crippen LogP contribution in [0, 0.1) is 33.0 Å². The molecule has 0 radical (unpaired) electrons. The molecule has 1 N–H and O–H groups in total. The van der Waals surface area contributed by atoms with Gasteiger partial charge in [0.1, 0.15) is 0 Å². The molecule has 49 heavy (non-hydrogen) atoms. The molecule has 260 valence electrons. The van der Waals surface area contributed by atoms with Crippen LogP contribution in [0.5, 0.6) is 0 Å². The molecule has 1 heterocycles. The van der Waals surface area contributed by atoms with Crippen LogP contribution < -0.4 is 0 Å². The maximum Gasteiger partial charge on any atom is 0.249 e. The van der Waals surface area contributed by atoms with Crippen molar-refractivity contribution in [2.24, 2.45) is 33.0 Å². The van der Waals surface area contributed by atoms with Gasteiger partial charge < -0.3 is 14.9 Å². The number of fused-ring (bicyclic) bond motifs is 7. The van der Waals surface area contributed by atoms with E-state index in [4.69, 9.17) is 0 Å². The van der Waals surface area contributed by atoms with Crippen molar-refractivity contribution < 1.29 is 19.5 Å². The zero-order valence-corrected chi connectivity index (χ0v) is 30.6. The zero-order valence-electron chi connectivity index (χ0n) is 30.6. The fourth-order valence-corrected chi connectivity index (χ4v) is 11.3. The highest BCUT2D eigenvalue weighted by molar-refractivity contribution is 6.06. The van der Waals surface area contributed by atoms with Crippen molar-refractivity contribution in [3.05, 3.63) is 87.7 Å². The van der Waals surface area contributed by atoms with Crippen molar-refractivity contribution >= 4 is 23.7 Å². The lowest BCUT2D eigenvalue weighted by molar-refractivity contribution is -0.175. The first kappa shape index (κ1) is 33.8. The summed E-state index contributed by atoms with van der Waals surface area (Å²) < 4.78 is 0. The van der Waals surface area contributed by atoms with E-state index in [-0.39, 0.29) is 45.0 Å². The van der Waals surface area contributed by atoms with Crippen molar-refractivity contribution in [2.75, 3.05) is 26.2 Å². The van der Waals surface area contributed by atoms with Crippen LogP contribution in [-0.2, 0) is 14.4 Å². The number of benzene rings is 1. The minimum Gasteiger partial charge on any atom is -0.504 e. The van der Waals surface area contributed by atoms with Gasteiger partial charge in [0.05, 0.1) is 0 Å². The number of carbonyl (C=O) groups excluding carboxylic acids is 3. The lowest BCUT2D eigenvalue weighted by Gasteiger charge is -2.70. The van der Waals surface area contributed by atoms with Crippen LogP contribution in [0.3, 0.4) is 0 Å².